The Balaban J connectivity index is 1.64. The number of aryl methyl sites for hydroxylation is 1. The van der Waals surface area contributed by atoms with Crippen LogP contribution < -0.4 is 10.6 Å². The highest BCUT2D eigenvalue weighted by Gasteiger charge is 2.12. The van der Waals surface area contributed by atoms with Gasteiger partial charge in [0.25, 0.3) is 0 Å². The van der Waals surface area contributed by atoms with Crippen molar-refractivity contribution in [2.45, 2.75) is 75.8 Å². The Labute approximate surface area is 176 Å². The molecule has 0 amide bonds. The Hall–Kier alpha value is -1.60. The zero-order valence-electron chi connectivity index (χ0n) is 18.2. The van der Waals surface area contributed by atoms with Crippen molar-refractivity contribution in [3.05, 3.63) is 29.3 Å². The van der Waals surface area contributed by atoms with Gasteiger partial charge in [-0.15, -0.1) is 0 Å². The van der Waals surface area contributed by atoms with Crippen LogP contribution in [0.15, 0.2) is 28.1 Å². The largest absolute Gasteiger partial charge is 0.378 e. The second kappa shape index (κ2) is 12.2. The fourth-order valence-electron chi connectivity index (χ4n) is 3.74. The molecule has 0 heterocycles. The van der Waals surface area contributed by atoms with Gasteiger partial charge in [0.15, 0.2) is 15.8 Å². The molecule has 7 heteroatoms. The maximum absolute atomic E-state index is 11.7. The number of hydrogen-bond acceptors (Lipinski definition) is 4. The first-order valence-electron chi connectivity index (χ1n) is 10.8. The van der Waals surface area contributed by atoms with Crippen LogP contribution in [0.25, 0.3) is 0 Å². The first-order valence-corrected chi connectivity index (χ1v) is 12.6. The first kappa shape index (κ1) is 23.7. The van der Waals surface area contributed by atoms with E-state index in [1.54, 1.807) is 13.1 Å². The fourth-order valence-corrected chi connectivity index (χ4v) is 4.70. The smallest absolute Gasteiger partial charge is 0.191 e. The number of nitrogens with zero attached hydrogens (tertiary/aromatic N) is 1. The van der Waals surface area contributed by atoms with Gasteiger partial charge in [0.1, 0.15) is 0 Å². The standard InChI is InChI=1S/C22H37N3O3S/c1-18-16-19(12-13-21(18)29(3,26)27)17-25-22(23-2)24-14-8-9-15-28-20-10-6-4-5-7-11-20/h12-13,16,20H,4-11,14-15,17H2,1-3H3,(H2,23,24,25). The Morgan fingerprint density at radius 3 is 2.48 bits per heavy atom. The molecule has 6 nitrogen and oxygen atoms in total. The van der Waals surface area contributed by atoms with Crippen LogP contribution in [0.3, 0.4) is 0 Å². The lowest BCUT2D eigenvalue weighted by Gasteiger charge is -2.16. The van der Waals surface area contributed by atoms with Crippen molar-refractivity contribution in [1.82, 2.24) is 10.6 Å². The summed E-state index contributed by atoms with van der Waals surface area (Å²) in [5, 5.41) is 6.60. The number of hydrogen-bond donors (Lipinski definition) is 2. The van der Waals surface area contributed by atoms with Crippen LogP contribution in [0.2, 0.25) is 0 Å². The first-order chi connectivity index (χ1) is 13.9. The van der Waals surface area contributed by atoms with E-state index in [-0.39, 0.29) is 0 Å². The number of rotatable bonds is 9. The molecule has 2 N–H and O–H groups in total. The normalized spacial score (nSPS) is 16.4. The lowest BCUT2D eigenvalue weighted by molar-refractivity contribution is 0.0411. The number of benzene rings is 1. The molecule has 0 unspecified atom stereocenters. The zero-order chi connectivity index (χ0) is 21.1. The van der Waals surface area contributed by atoms with Gasteiger partial charge in [0, 0.05) is 33.0 Å². The SMILES string of the molecule is CN=C(NCCCCOC1CCCCCC1)NCc1ccc(S(C)(=O)=O)c(C)c1. The average molecular weight is 424 g/mol. The van der Waals surface area contributed by atoms with E-state index in [9.17, 15) is 8.42 Å². The minimum absolute atomic E-state index is 0.384. The van der Waals surface area contributed by atoms with E-state index in [2.05, 4.69) is 15.6 Å². The summed E-state index contributed by atoms with van der Waals surface area (Å²) in [5.41, 5.74) is 1.79. The van der Waals surface area contributed by atoms with Crippen molar-refractivity contribution < 1.29 is 13.2 Å². The van der Waals surface area contributed by atoms with Gasteiger partial charge >= 0.3 is 0 Å². The molecule has 0 radical (unpaired) electrons. The van der Waals surface area contributed by atoms with E-state index >= 15 is 0 Å². The molecule has 0 spiro atoms. The molecule has 1 aromatic carbocycles. The van der Waals surface area contributed by atoms with Crippen LogP contribution in [-0.2, 0) is 21.1 Å². The molecular weight excluding hydrogens is 386 g/mol. The second-order valence-electron chi connectivity index (χ2n) is 7.92. The van der Waals surface area contributed by atoms with Gasteiger partial charge in [-0.2, -0.15) is 0 Å². The minimum Gasteiger partial charge on any atom is -0.378 e. The predicted molar refractivity (Wildman–Crippen MR) is 119 cm³/mol. The third kappa shape index (κ3) is 8.74. The van der Waals surface area contributed by atoms with E-state index in [0.717, 1.165) is 43.1 Å². The van der Waals surface area contributed by atoms with E-state index in [1.807, 2.05) is 19.1 Å². The molecule has 0 aromatic heterocycles. The van der Waals surface area contributed by atoms with Crippen molar-refractivity contribution in [2.24, 2.45) is 4.99 Å². The highest BCUT2D eigenvalue weighted by molar-refractivity contribution is 7.90. The van der Waals surface area contributed by atoms with E-state index in [4.69, 9.17) is 4.74 Å². The van der Waals surface area contributed by atoms with Gasteiger partial charge in [-0.25, -0.2) is 8.42 Å². The van der Waals surface area contributed by atoms with E-state index in [0.29, 0.717) is 17.5 Å². The van der Waals surface area contributed by atoms with Gasteiger partial charge in [-0.1, -0.05) is 37.8 Å². The third-order valence-electron chi connectivity index (χ3n) is 5.34. The zero-order valence-corrected chi connectivity index (χ0v) is 19.0. The molecule has 0 atom stereocenters. The highest BCUT2D eigenvalue weighted by atomic mass is 32.2. The van der Waals surface area contributed by atoms with Crippen molar-refractivity contribution in [3.63, 3.8) is 0 Å². The lowest BCUT2D eigenvalue weighted by Crippen LogP contribution is -2.37. The van der Waals surface area contributed by atoms with E-state index in [1.165, 1.54) is 44.8 Å². The van der Waals surface area contributed by atoms with Crippen LogP contribution in [-0.4, -0.2) is 46.9 Å². The molecule has 164 valence electrons. The number of aliphatic imine (C=N–C) groups is 1. The Kier molecular flexibility index (Phi) is 9.94. The molecule has 0 aliphatic heterocycles. The summed E-state index contributed by atoms with van der Waals surface area (Å²) < 4.78 is 29.5. The van der Waals surface area contributed by atoms with Crippen molar-refractivity contribution in [2.75, 3.05) is 26.5 Å². The Morgan fingerprint density at radius 1 is 1.14 bits per heavy atom. The summed E-state index contributed by atoms with van der Waals surface area (Å²) >= 11 is 0. The van der Waals surface area contributed by atoms with Crippen LogP contribution in [0.1, 0.15) is 62.5 Å². The quantitative estimate of drug-likeness (QED) is 0.275. The summed E-state index contributed by atoms with van der Waals surface area (Å²) in [6, 6.07) is 5.42. The number of guanidine groups is 1. The van der Waals surface area contributed by atoms with Gasteiger partial charge in [0.2, 0.25) is 0 Å². The molecule has 29 heavy (non-hydrogen) atoms. The topological polar surface area (TPSA) is 79.8 Å². The number of nitrogens with one attached hydrogen (secondary N) is 2. The fraction of sp³-hybridized carbons (Fsp3) is 0.682. The molecule has 1 aliphatic rings. The Bertz CT molecular complexity index is 755. The third-order valence-corrected chi connectivity index (χ3v) is 6.60. The van der Waals surface area contributed by atoms with Crippen LogP contribution in [0, 0.1) is 6.92 Å². The molecule has 0 saturated heterocycles. The Morgan fingerprint density at radius 2 is 1.86 bits per heavy atom. The molecule has 1 aromatic rings. The predicted octanol–water partition coefficient (Wildman–Crippen LogP) is 3.58. The molecule has 1 saturated carbocycles. The number of ether oxygens (including phenoxy) is 1. The highest BCUT2D eigenvalue weighted by Crippen LogP contribution is 2.20. The van der Waals surface area contributed by atoms with Crippen LogP contribution in [0.4, 0.5) is 0 Å². The maximum Gasteiger partial charge on any atom is 0.191 e. The summed E-state index contributed by atoms with van der Waals surface area (Å²) in [6.07, 6.45) is 11.6. The number of sulfone groups is 1. The second-order valence-corrected chi connectivity index (χ2v) is 9.90. The summed E-state index contributed by atoms with van der Waals surface area (Å²) in [7, 11) is -1.43. The van der Waals surface area contributed by atoms with E-state index < -0.39 is 9.84 Å². The molecular formula is C22H37N3O3S. The van der Waals surface area contributed by atoms with Crippen molar-refractivity contribution in [3.8, 4) is 0 Å². The molecule has 2 rings (SSSR count). The van der Waals surface area contributed by atoms with Crippen molar-refractivity contribution in [1.29, 1.82) is 0 Å². The molecule has 1 fully saturated rings. The minimum atomic E-state index is -3.18. The van der Waals surface area contributed by atoms with Gasteiger partial charge < -0.3 is 15.4 Å². The summed E-state index contributed by atoms with van der Waals surface area (Å²) in [4.78, 5) is 4.64. The summed E-state index contributed by atoms with van der Waals surface area (Å²) in [6.45, 7) is 4.10. The van der Waals surface area contributed by atoms with Gasteiger partial charge in [0.05, 0.1) is 11.0 Å². The monoisotopic (exact) mass is 423 g/mol. The lowest BCUT2D eigenvalue weighted by atomic mass is 10.1. The van der Waals surface area contributed by atoms with Crippen LogP contribution >= 0.6 is 0 Å². The number of unbranched alkanes of at least 4 members (excludes halogenated alkanes) is 1. The van der Waals surface area contributed by atoms with Crippen LogP contribution in [0.5, 0.6) is 0 Å². The maximum atomic E-state index is 11.7. The molecule has 0 bridgehead atoms. The summed E-state index contributed by atoms with van der Waals surface area (Å²) in [5.74, 6) is 0.750. The van der Waals surface area contributed by atoms with Crippen molar-refractivity contribution >= 4 is 15.8 Å². The average Bonchev–Trinajstić information content (AvgIpc) is 2.94. The van der Waals surface area contributed by atoms with Gasteiger partial charge in [-0.05, 0) is 49.8 Å². The van der Waals surface area contributed by atoms with Gasteiger partial charge in [-0.3, -0.25) is 4.99 Å². The molecule has 1 aliphatic carbocycles.